The molecule has 1 saturated carbocycles. The van der Waals surface area contributed by atoms with Crippen LogP contribution in [0.5, 0.6) is 0 Å². The van der Waals surface area contributed by atoms with Gasteiger partial charge in [-0.3, -0.25) is 19.3 Å². The van der Waals surface area contributed by atoms with E-state index in [0.717, 1.165) is 25.7 Å². The predicted octanol–water partition coefficient (Wildman–Crippen LogP) is 5.72. The molecule has 2 fully saturated rings. The molecule has 228 valence electrons. The molecule has 14 heteroatoms. The van der Waals surface area contributed by atoms with Gasteiger partial charge in [-0.1, -0.05) is 39.8 Å². The summed E-state index contributed by atoms with van der Waals surface area (Å²) >= 11 is 10.7. The topological polar surface area (TPSA) is 120 Å². The lowest BCUT2D eigenvalue weighted by Gasteiger charge is -2.38. The first-order chi connectivity index (χ1) is 19.0. The summed E-state index contributed by atoms with van der Waals surface area (Å²) in [6, 6.07) is 0. The fourth-order valence-corrected chi connectivity index (χ4v) is 8.17. The van der Waals surface area contributed by atoms with Crippen LogP contribution in [-0.2, 0) is 30.0 Å². The molecular formula is C27H44N4O6PS2Si+. The van der Waals surface area contributed by atoms with Crippen LogP contribution in [0.2, 0.25) is 18.1 Å². The van der Waals surface area contributed by atoms with Crippen molar-refractivity contribution in [2.75, 3.05) is 6.61 Å². The van der Waals surface area contributed by atoms with Gasteiger partial charge in [-0.25, -0.2) is 9.78 Å². The molecule has 2 unspecified atom stereocenters. The number of nitrogens with zero attached hydrogens (tertiary/aromatic N) is 2. The van der Waals surface area contributed by atoms with Crippen molar-refractivity contribution in [1.82, 2.24) is 19.5 Å². The summed E-state index contributed by atoms with van der Waals surface area (Å²) in [6.45, 7) is 19.8. The molecule has 2 aromatic rings. The first-order valence-corrected chi connectivity index (χ1v) is 19.8. The van der Waals surface area contributed by atoms with Crippen LogP contribution in [-0.4, -0.2) is 57.5 Å². The summed E-state index contributed by atoms with van der Waals surface area (Å²) in [5.41, 5.74) is 0.493. The molecule has 41 heavy (non-hydrogen) atoms. The highest BCUT2D eigenvalue weighted by atomic mass is 32.4. The van der Waals surface area contributed by atoms with Crippen LogP contribution in [0.25, 0.3) is 11.2 Å². The average Bonchev–Trinajstić information content (AvgIpc) is 3.46. The molecule has 2 N–H and O–H groups in total. The minimum Gasteiger partial charge on any atom is -0.414 e. The largest absolute Gasteiger partial charge is 0.522 e. The molecule has 2 aliphatic rings. The third kappa shape index (κ3) is 7.31. The van der Waals surface area contributed by atoms with Gasteiger partial charge in [-0.15, -0.1) is 9.05 Å². The number of thiol groups is 1. The maximum absolute atomic E-state index is 12.3. The van der Waals surface area contributed by atoms with Crippen LogP contribution in [0.15, 0.2) is 28.1 Å². The van der Waals surface area contributed by atoms with Crippen molar-refractivity contribution in [3.63, 3.8) is 0 Å². The lowest BCUT2D eigenvalue weighted by atomic mass is 9.76. The summed E-state index contributed by atoms with van der Waals surface area (Å²) in [5.74, 6) is 0.383. The summed E-state index contributed by atoms with van der Waals surface area (Å²) in [6.07, 6.45) is 4.06. The van der Waals surface area contributed by atoms with E-state index in [1.54, 1.807) is 4.57 Å². The highest BCUT2D eigenvalue weighted by Crippen LogP contribution is 2.47. The minimum absolute atomic E-state index is 0.0210. The smallest absolute Gasteiger partial charge is 0.414 e. The second-order valence-corrected chi connectivity index (χ2v) is 20.6. The monoisotopic (exact) mass is 643 g/mol. The maximum Gasteiger partial charge on any atom is 0.522 e. The number of allylic oxidation sites excluding steroid dienone is 1. The van der Waals surface area contributed by atoms with Crippen molar-refractivity contribution in [3.05, 3.63) is 39.3 Å². The molecule has 1 aliphatic heterocycles. The SMILES string of the molecule is C=C(CC)[C@H]1CC[C@@](C)(S)C(O[P+](=S)O[C@H]2C[C@H](n3cnc4c(=O)[nH]c(=O)[nH]c43)O[C@@H]2CO[Si](C)(C)C(C)(C)C)C1. The first-order valence-electron chi connectivity index (χ1n) is 14.2. The summed E-state index contributed by atoms with van der Waals surface area (Å²) in [5, 5.41) is 0.0210. The summed E-state index contributed by atoms with van der Waals surface area (Å²) in [7, 11) is -3.77. The quantitative estimate of drug-likeness (QED) is 0.130. The molecule has 1 aliphatic carbocycles. The summed E-state index contributed by atoms with van der Waals surface area (Å²) < 4.78 is 27.1. The number of aromatic amines is 2. The van der Waals surface area contributed by atoms with Crippen molar-refractivity contribution >= 4 is 51.1 Å². The number of nitrogens with one attached hydrogen (secondary N) is 2. The second-order valence-electron chi connectivity index (χ2n) is 13.0. The van der Waals surface area contributed by atoms with Gasteiger partial charge >= 0.3 is 12.8 Å². The van der Waals surface area contributed by atoms with Crippen LogP contribution >= 0.6 is 19.8 Å². The van der Waals surface area contributed by atoms with Crippen molar-refractivity contribution in [1.29, 1.82) is 0 Å². The fourth-order valence-electron chi connectivity index (χ4n) is 5.12. The van der Waals surface area contributed by atoms with Gasteiger partial charge in [0.05, 0.1) is 12.9 Å². The zero-order valence-corrected chi connectivity index (χ0v) is 28.7. The molecule has 0 amide bonds. The van der Waals surface area contributed by atoms with E-state index in [2.05, 4.69) is 69.2 Å². The van der Waals surface area contributed by atoms with Gasteiger partial charge in [0.15, 0.2) is 13.8 Å². The number of imidazole rings is 1. The summed E-state index contributed by atoms with van der Waals surface area (Å²) in [4.78, 5) is 33.3. The molecule has 0 spiro atoms. The molecule has 7 atom stereocenters. The minimum atomic E-state index is -2.08. The van der Waals surface area contributed by atoms with E-state index < -0.39 is 45.2 Å². The molecule has 3 heterocycles. The third-order valence-corrected chi connectivity index (χ3v) is 15.4. The highest BCUT2D eigenvalue weighted by molar-refractivity contribution is 8.00. The number of rotatable bonds is 10. The van der Waals surface area contributed by atoms with Gasteiger partial charge in [0.25, 0.3) is 5.56 Å². The Balaban J connectivity index is 1.54. The third-order valence-electron chi connectivity index (χ3n) is 9.03. The second kappa shape index (κ2) is 12.4. The molecule has 4 rings (SSSR count). The van der Waals surface area contributed by atoms with Crippen LogP contribution in [0.1, 0.15) is 73.0 Å². The normalized spacial score (nSPS) is 29.7. The number of hydrogen-bond donors (Lipinski definition) is 3. The van der Waals surface area contributed by atoms with Crippen molar-refractivity contribution in [3.8, 4) is 0 Å². The molecule has 0 radical (unpaired) electrons. The first kappa shape index (κ1) is 32.7. The number of fused-ring (bicyclic) bond motifs is 1. The lowest BCUT2D eigenvalue weighted by Crippen LogP contribution is -2.44. The van der Waals surface area contributed by atoms with Gasteiger partial charge in [0.1, 0.15) is 30.2 Å². The Morgan fingerprint density at radius 3 is 2.68 bits per heavy atom. The van der Waals surface area contributed by atoms with E-state index >= 15 is 0 Å². The standard InChI is InChI=1S/C27H43N4O6PS2Si/c1-9-16(2)17-10-11-27(6,39)20(12-17)37-38(40)36-18-13-21(35-19(18)14-34-41(7,8)26(3,4)5)31-15-28-22-23(31)29-25(33)30-24(22)32/h15,17-21H,2,9-14H2,1,3-8H3,(H2-,29,30,32,33,39)/p+1/t17-,18-,19+,20?,21+,27+/m0/s1. The lowest BCUT2D eigenvalue weighted by molar-refractivity contribution is -0.0371. The van der Waals surface area contributed by atoms with E-state index in [1.807, 2.05) is 0 Å². The predicted molar refractivity (Wildman–Crippen MR) is 171 cm³/mol. The molecular weight excluding hydrogens is 600 g/mol. The zero-order valence-electron chi connectivity index (χ0n) is 25.1. The van der Waals surface area contributed by atoms with Crippen molar-refractivity contribution < 1.29 is 18.2 Å². The van der Waals surface area contributed by atoms with Crippen molar-refractivity contribution in [2.24, 2.45) is 5.92 Å². The molecule has 0 bridgehead atoms. The molecule has 0 aromatic carbocycles. The fraction of sp³-hybridized carbons (Fsp3) is 0.741. The van der Waals surface area contributed by atoms with Crippen molar-refractivity contribution in [2.45, 2.75) is 114 Å². The van der Waals surface area contributed by atoms with E-state index in [0.29, 0.717) is 24.6 Å². The van der Waals surface area contributed by atoms with E-state index in [4.69, 9.17) is 42.6 Å². The maximum atomic E-state index is 12.3. The number of hydrogen-bond acceptors (Lipinski definition) is 9. The molecule has 10 nitrogen and oxygen atoms in total. The molecule has 2 aromatic heterocycles. The number of aromatic nitrogens is 4. The van der Waals surface area contributed by atoms with Crippen LogP contribution in [0, 0.1) is 5.92 Å². The van der Waals surface area contributed by atoms with Gasteiger partial charge in [0.2, 0.25) is 11.8 Å². The van der Waals surface area contributed by atoms with Crippen LogP contribution in [0.4, 0.5) is 0 Å². The Hall–Kier alpha value is -1.18. The van der Waals surface area contributed by atoms with Crippen LogP contribution < -0.4 is 11.2 Å². The zero-order chi connectivity index (χ0) is 30.3. The molecule has 1 saturated heterocycles. The number of ether oxygens (including phenoxy) is 1. The Morgan fingerprint density at radius 1 is 1.32 bits per heavy atom. The highest BCUT2D eigenvalue weighted by Gasteiger charge is 2.48. The Labute approximate surface area is 254 Å². The van der Waals surface area contributed by atoms with Crippen LogP contribution in [0.3, 0.4) is 0 Å². The van der Waals surface area contributed by atoms with Gasteiger partial charge < -0.3 is 9.16 Å². The van der Waals surface area contributed by atoms with E-state index in [1.165, 1.54) is 11.9 Å². The number of H-pyrrole nitrogens is 2. The van der Waals surface area contributed by atoms with Gasteiger partial charge in [-0.2, -0.15) is 12.6 Å². The van der Waals surface area contributed by atoms with E-state index in [9.17, 15) is 9.59 Å². The Morgan fingerprint density at radius 2 is 2.02 bits per heavy atom. The average molecular weight is 644 g/mol. The Kier molecular flexibility index (Phi) is 9.92. The van der Waals surface area contributed by atoms with Gasteiger partial charge in [-0.05, 0) is 56.7 Å². The Bertz CT molecular complexity index is 1400. The van der Waals surface area contributed by atoms with E-state index in [-0.39, 0.29) is 21.4 Å². The van der Waals surface area contributed by atoms with Gasteiger partial charge in [0, 0.05) is 11.2 Å².